The number of nitrogens with zero attached hydrogens (tertiary/aromatic N) is 3. The normalized spacial score (nSPS) is 10.8. The molecule has 0 saturated carbocycles. The molecular formula is C25H16F2N6O3S. The van der Waals surface area contributed by atoms with Crippen LogP contribution in [0.1, 0.15) is 25.6 Å². The first-order valence-electron chi connectivity index (χ1n) is 10.7. The van der Waals surface area contributed by atoms with Gasteiger partial charge >= 0.3 is 0 Å². The summed E-state index contributed by atoms with van der Waals surface area (Å²) in [5, 5.41) is 13.5. The molecule has 3 aromatic carbocycles. The van der Waals surface area contributed by atoms with Crippen molar-refractivity contribution in [1.82, 2.24) is 15.2 Å². The van der Waals surface area contributed by atoms with E-state index in [4.69, 9.17) is 10.2 Å². The lowest BCUT2D eigenvalue weighted by atomic mass is 10.1. The number of thiazole rings is 1. The van der Waals surface area contributed by atoms with Crippen LogP contribution in [-0.4, -0.2) is 26.9 Å². The molecule has 0 unspecified atom stereocenters. The van der Waals surface area contributed by atoms with Gasteiger partial charge in [0, 0.05) is 22.5 Å². The molecule has 0 aliphatic carbocycles. The van der Waals surface area contributed by atoms with Gasteiger partial charge in [-0.2, -0.15) is 0 Å². The van der Waals surface area contributed by atoms with Gasteiger partial charge in [-0.05, 0) is 54.6 Å². The van der Waals surface area contributed by atoms with Crippen LogP contribution in [0.2, 0.25) is 0 Å². The van der Waals surface area contributed by atoms with Crippen molar-refractivity contribution in [2.45, 2.75) is 0 Å². The predicted molar refractivity (Wildman–Crippen MR) is 134 cm³/mol. The number of carbonyl (C=O) groups is 2. The van der Waals surface area contributed by atoms with Gasteiger partial charge in [0.1, 0.15) is 22.3 Å². The molecule has 12 heteroatoms. The van der Waals surface area contributed by atoms with Crippen molar-refractivity contribution in [3.05, 3.63) is 101 Å². The number of nitrogens with two attached hydrogens (primary N) is 1. The lowest BCUT2D eigenvalue weighted by Crippen LogP contribution is -2.11. The van der Waals surface area contributed by atoms with E-state index in [1.54, 1.807) is 48.5 Å². The Bertz CT molecular complexity index is 1580. The molecule has 184 valence electrons. The van der Waals surface area contributed by atoms with E-state index in [0.29, 0.717) is 28.4 Å². The molecule has 0 aliphatic heterocycles. The molecule has 0 spiro atoms. The van der Waals surface area contributed by atoms with Crippen LogP contribution in [0.5, 0.6) is 0 Å². The van der Waals surface area contributed by atoms with Gasteiger partial charge in [-0.15, -0.1) is 10.2 Å². The standard InChI is InChI=1S/C25H16F2N6O3S/c26-17-5-2-6-18(27)19(17)20(34)21-22(28)32-25(37-21)31-15-9-7-13(8-10-15)23(35)30-16-4-1-3-14(11-16)24-33-29-12-36-24/h1-12H,28H2,(H,30,35)(H,31,32). The molecule has 2 aromatic heterocycles. The minimum absolute atomic E-state index is 0.0924. The number of anilines is 4. The number of halogens is 2. The predicted octanol–water partition coefficient (Wildman–Crippen LogP) is 5.28. The number of carbonyl (C=O) groups excluding carboxylic acids is 2. The Morgan fingerprint density at radius 1 is 0.946 bits per heavy atom. The SMILES string of the molecule is Nc1nc(Nc2ccc(C(=O)Nc3cccc(-c4nnco4)c3)cc2)sc1C(=O)c1c(F)cccc1F. The van der Waals surface area contributed by atoms with E-state index in [0.717, 1.165) is 23.5 Å². The maximum absolute atomic E-state index is 14.0. The van der Waals surface area contributed by atoms with Gasteiger partial charge in [0.05, 0.1) is 5.56 Å². The Balaban J connectivity index is 1.27. The molecule has 5 rings (SSSR count). The number of nitrogens with one attached hydrogen (secondary N) is 2. The van der Waals surface area contributed by atoms with Gasteiger partial charge in [-0.25, -0.2) is 13.8 Å². The van der Waals surface area contributed by atoms with Crippen molar-refractivity contribution in [2.75, 3.05) is 16.4 Å². The fraction of sp³-hybridized carbons (Fsp3) is 0. The first-order valence-corrected chi connectivity index (χ1v) is 11.5. The number of ketones is 1. The molecule has 4 N–H and O–H groups in total. The highest BCUT2D eigenvalue weighted by atomic mass is 32.1. The molecule has 9 nitrogen and oxygen atoms in total. The van der Waals surface area contributed by atoms with Crippen LogP contribution in [-0.2, 0) is 0 Å². The van der Waals surface area contributed by atoms with Gasteiger partial charge in [-0.3, -0.25) is 9.59 Å². The third kappa shape index (κ3) is 5.04. The van der Waals surface area contributed by atoms with Gasteiger partial charge in [0.25, 0.3) is 5.91 Å². The van der Waals surface area contributed by atoms with E-state index in [1.807, 2.05) is 0 Å². The van der Waals surface area contributed by atoms with Crippen molar-refractivity contribution in [3.63, 3.8) is 0 Å². The van der Waals surface area contributed by atoms with E-state index in [9.17, 15) is 18.4 Å². The molecule has 0 saturated heterocycles. The molecular weight excluding hydrogens is 502 g/mol. The second-order valence-corrected chi connectivity index (χ2v) is 8.64. The smallest absolute Gasteiger partial charge is 0.255 e. The molecule has 0 bridgehead atoms. The molecule has 0 radical (unpaired) electrons. The molecule has 1 amide bonds. The third-order valence-corrected chi connectivity index (χ3v) is 6.16. The van der Waals surface area contributed by atoms with Crippen LogP contribution in [0, 0.1) is 11.6 Å². The van der Waals surface area contributed by atoms with Crippen LogP contribution in [0.4, 0.5) is 31.1 Å². The monoisotopic (exact) mass is 518 g/mol. The summed E-state index contributed by atoms with van der Waals surface area (Å²) in [4.78, 5) is 29.3. The number of rotatable bonds is 7. The van der Waals surface area contributed by atoms with Crippen molar-refractivity contribution >= 4 is 45.4 Å². The van der Waals surface area contributed by atoms with E-state index in [1.165, 1.54) is 12.5 Å². The summed E-state index contributed by atoms with van der Waals surface area (Å²) >= 11 is 0.861. The molecule has 37 heavy (non-hydrogen) atoms. The first-order chi connectivity index (χ1) is 17.9. The van der Waals surface area contributed by atoms with Gasteiger partial charge < -0.3 is 20.8 Å². The average molecular weight is 519 g/mol. The quantitative estimate of drug-likeness (QED) is 0.248. The fourth-order valence-corrected chi connectivity index (χ4v) is 4.29. The molecule has 5 aromatic rings. The highest BCUT2D eigenvalue weighted by molar-refractivity contribution is 7.18. The summed E-state index contributed by atoms with van der Waals surface area (Å²) in [6, 6.07) is 16.6. The van der Waals surface area contributed by atoms with Crippen molar-refractivity contribution in [3.8, 4) is 11.5 Å². The number of amides is 1. The summed E-state index contributed by atoms with van der Waals surface area (Å²) in [6.45, 7) is 0. The summed E-state index contributed by atoms with van der Waals surface area (Å²) in [7, 11) is 0. The number of nitrogen functional groups attached to an aromatic ring is 1. The second kappa shape index (κ2) is 9.95. The average Bonchev–Trinajstić information content (AvgIpc) is 3.54. The Morgan fingerprint density at radius 2 is 1.68 bits per heavy atom. The second-order valence-electron chi connectivity index (χ2n) is 7.64. The zero-order valence-electron chi connectivity index (χ0n) is 18.7. The fourth-order valence-electron chi connectivity index (χ4n) is 3.44. The zero-order valence-corrected chi connectivity index (χ0v) is 19.6. The number of aromatic nitrogens is 3. The van der Waals surface area contributed by atoms with Crippen molar-refractivity contribution < 1.29 is 22.8 Å². The minimum atomic E-state index is -0.984. The maximum Gasteiger partial charge on any atom is 0.255 e. The topological polar surface area (TPSA) is 136 Å². The Hall–Kier alpha value is -4.97. The Kier molecular flexibility index (Phi) is 6.39. The number of benzene rings is 3. The number of hydrogen-bond donors (Lipinski definition) is 3. The molecule has 0 aliphatic rings. The summed E-state index contributed by atoms with van der Waals surface area (Å²) in [6.07, 6.45) is 1.22. The summed E-state index contributed by atoms with van der Waals surface area (Å²) in [5.41, 5.74) is 7.30. The van der Waals surface area contributed by atoms with Crippen LogP contribution in [0.3, 0.4) is 0 Å². The lowest BCUT2D eigenvalue weighted by molar-refractivity contribution is 0.102. The van der Waals surface area contributed by atoms with E-state index in [-0.39, 0.29) is 21.7 Å². The first kappa shape index (κ1) is 23.8. The van der Waals surface area contributed by atoms with E-state index < -0.39 is 23.0 Å². The van der Waals surface area contributed by atoms with Crippen LogP contribution >= 0.6 is 11.3 Å². The van der Waals surface area contributed by atoms with Gasteiger partial charge in [-0.1, -0.05) is 23.5 Å². The highest BCUT2D eigenvalue weighted by Gasteiger charge is 2.24. The van der Waals surface area contributed by atoms with Gasteiger partial charge in [0.15, 0.2) is 5.13 Å². The van der Waals surface area contributed by atoms with Crippen molar-refractivity contribution in [1.29, 1.82) is 0 Å². The third-order valence-electron chi connectivity index (χ3n) is 5.18. The largest absolute Gasteiger partial charge is 0.423 e. The number of hydrogen-bond acceptors (Lipinski definition) is 9. The maximum atomic E-state index is 14.0. The lowest BCUT2D eigenvalue weighted by Gasteiger charge is -2.07. The van der Waals surface area contributed by atoms with E-state index in [2.05, 4.69) is 25.8 Å². The molecule has 2 heterocycles. The van der Waals surface area contributed by atoms with Crippen LogP contribution in [0.25, 0.3) is 11.5 Å². The molecule has 0 atom stereocenters. The summed E-state index contributed by atoms with van der Waals surface area (Å²) in [5.74, 6) is -3.02. The highest BCUT2D eigenvalue weighted by Crippen LogP contribution is 2.31. The summed E-state index contributed by atoms with van der Waals surface area (Å²) < 4.78 is 33.2. The minimum Gasteiger partial charge on any atom is -0.423 e. The Labute approximate surface area is 212 Å². The van der Waals surface area contributed by atoms with Crippen molar-refractivity contribution in [2.24, 2.45) is 0 Å². The van der Waals surface area contributed by atoms with Gasteiger partial charge in [0.2, 0.25) is 18.1 Å². The van der Waals surface area contributed by atoms with Crippen LogP contribution in [0.15, 0.2) is 77.5 Å². The van der Waals surface area contributed by atoms with Crippen LogP contribution < -0.4 is 16.4 Å². The van der Waals surface area contributed by atoms with E-state index >= 15 is 0 Å². The zero-order chi connectivity index (χ0) is 25.9. The molecule has 0 fully saturated rings. The Morgan fingerprint density at radius 3 is 2.38 bits per heavy atom.